The number of nitrogens with zero attached hydrogens (tertiary/aromatic N) is 3. The standard InChI is InChI=1S/C17H20N4O2.ClH.Mo.2H2O.2O/c1-3-21(4-2)15-6-5-14(16(22)11-15)12-19-20-17(23)13-7-9-18-10-8-13;;;;;;/h5-12,22H,3-4H2,1-2H3,(H,20,23);1H;;2*1H2;;/q;;;;;2*-2/p-1/b19-12+;;;;;;. The summed E-state index contributed by atoms with van der Waals surface area (Å²) in [6.07, 6.45) is 4.57. The van der Waals surface area contributed by atoms with Crippen molar-refractivity contribution in [1.82, 2.24) is 0 Å². The number of hydrogen-bond acceptors (Lipinski definition) is 5. The van der Waals surface area contributed by atoms with Crippen LogP contribution in [-0.2, 0) is 37.5 Å². The van der Waals surface area contributed by atoms with Crippen LogP contribution in [0.25, 0.3) is 0 Å². The van der Waals surface area contributed by atoms with E-state index in [1.54, 1.807) is 36.7 Å². The number of nitrogens with one attached hydrogen (secondary N) is 1. The number of rotatable bonds is 6. The molecule has 0 bridgehead atoms. The minimum absolute atomic E-state index is 0. The molecule has 0 amide bonds. The second kappa shape index (κ2) is 19.3. The van der Waals surface area contributed by atoms with Crippen molar-refractivity contribution in [2.75, 3.05) is 18.0 Å². The van der Waals surface area contributed by atoms with Crippen molar-refractivity contribution in [2.45, 2.75) is 13.8 Å². The first kappa shape index (κ1) is 37.6. The predicted molar refractivity (Wildman–Crippen MR) is 96.4 cm³/mol. The monoisotopic (exact) mass is 513 g/mol. The number of anilines is 1. The Balaban J connectivity index is -0.000000320. The number of aromatic amines is 1. The molecule has 0 spiro atoms. The molecule has 0 saturated carbocycles. The van der Waals surface area contributed by atoms with Crippen LogP contribution in [0.4, 0.5) is 5.69 Å². The van der Waals surface area contributed by atoms with Gasteiger partial charge in [0.2, 0.25) is 0 Å². The molecule has 1 heterocycles. The van der Waals surface area contributed by atoms with Crippen LogP contribution < -0.4 is 32.5 Å². The number of pyridine rings is 1. The van der Waals surface area contributed by atoms with Crippen molar-refractivity contribution in [1.29, 1.82) is 0 Å². The molecule has 0 aliphatic carbocycles. The number of hydrogen-bond donors (Lipinski definition) is 0. The number of H-pyrrole nitrogens is 1. The van der Waals surface area contributed by atoms with Gasteiger partial charge in [0.1, 0.15) is 0 Å². The van der Waals surface area contributed by atoms with E-state index in [2.05, 4.69) is 20.1 Å². The van der Waals surface area contributed by atoms with Crippen LogP contribution >= 0.6 is 0 Å². The fourth-order valence-electron chi connectivity index (χ4n) is 2.15. The summed E-state index contributed by atoms with van der Waals surface area (Å²) in [6, 6.07) is 8.35. The molecule has 0 fully saturated rings. The molecule has 29 heavy (non-hydrogen) atoms. The fourth-order valence-corrected chi connectivity index (χ4v) is 2.15. The summed E-state index contributed by atoms with van der Waals surface area (Å²) >= 11 is 0. The zero-order valence-corrected chi connectivity index (χ0v) is 18.6. The predicted octanol–water partition coefficient (Wildman–Crippen LogP) is -4.42. The van der Waals surface area contributed by atoms with E-state index in [4.69, 9.17) is 0 Å². The molecule has 2 aromatic rings. The average Bonchev–Trinajstić information content (AvgIpc) is 2.58. The maximum absolute atomic E-state index is 12.1. The maximum Gasteiger partial charge on any atom is 0.167 e. The zero-order chi connectivity index (χ0) is 16.7. The Hall–Kier alpha value is -2.07. The van der Waals surface area contributed by atoms with Gasteiger partial charge in [0.15, 0.2) is 12.4 Å². The van der Waals surface area contributed by atoms with Gasteiger partial charge in [-0.2, -0.15) is 10.2 Å². The first-order valence-corrected chi connectivity index (χ1v) is 7.46. The minimum Gasteiger partial charge on any atom is -2.00 e. The van der Waals surface area contributed by atoms with E-state index in [0.717, 1.165) is 18.8 Å². The van der Waals surface area contributed by atoms with Crippen LogP contribution in [0.15, 0.2) is 52.9 Å². The van der Waals surface area contributed by atoms with Crippen molar-refractivity contribution in [2.24, 2.45) is 10.2 Å². The van der Waals surface area contributed by atoms with Gasteiger partial charge >= 0.3 is 0 Å². The number of halogens is 1. The van der Waals surface area contributed by atoms with Crippen molar-refractivity contribution >= 4 is 17.8 Å². The fraction of sp³-hybridized carbons (Fsp3) is 0.235. The molecule has 1 aromatic heterocycles. The Morgan fingerprint density at radius 3 is 2.14 bits per heavy atom. The van der Waals surface area contributed by atoms with E-state index in [9.17, 15) is 10.2 Å². The molecule has 0 atom stereocenters. The van der Waals surface area contributed by atoms with Gasteiger partial charge in [-0.3, -0.25) is 0 Å². The van der Waals surface area contributed by atoms with Crippen LogP contribution in [0.3, 0.4) is 0 Å². The molecule has 0 radical (unpaired) electrons. The summed E-state index contributed by atoms with van der Waals surface area (Å²) in [7, 11) is 0. The van der Waals surface area contributed by atoms with E-state index >= 15 is 0 Å². The average molecular weight is 512 g/mol. The van der Waals surface area contributed by atoms with Gasteiger partial charge in [0.25, 0.3) is 0 Å². The third-order valence-corrected chi connectivity index (χ3v) is 3.44. The molecule has 0 aliphatic rings. The van der Waals surface area contributed by atoms with E-state index in [1.165, 1.54) is 6.21 Å². The van der Waals surface area contributed by atoms with Gasteiger partial charge in [-0.1, -0.05) is 11.8 Å². The van der Waals surface area contributed by atoms with Gasteiger partial charge in [0, 0.05) is 57.9 Å². The van der Waals surface area contributed by atoms with Crippen molar-refractivity contribution in [3.05, 3.63) is 53.9 Å². The van der Waals surface area contributed by atoms with Gasteiger partial charge in [0.05, 0.1) is 6.21 Å². The third kappa shape index (κ3) is 10.9. The third-order valence-electron chi connectivity index (χ3n) is 3.44. The van der Waals surface area contributed by atoms with E-state index in [1.807, 2.05) is 19.9 Å². The summed E-state index contributed by atoms with van der Waals surface area (Å²) in [4.78, 5) is 4.91. The molecule has 0 unspecified atom stereocenters. The first-order chi connectivity index (χ1) is 11.2. The maximum atomic E-state index is 12.1. The largest absolute Gasteiger partial charge is 2.00 e. The molecular formula is C17H24ClMoN4O6-5. The Labute approximate surface area is 189 Å². The van der Waals surface area contributed by atoms with Gasteiger partial charge < -0.3 is 49.4 Å². The van der Waals surface area contributed by atoms with Crippen LogP contribution in [0.2, 0.25) is 0 Å². The quantitative estimate of drug-likeness (QED) is 0.124. The van der Waals surface area contributed by atoms with Crippen molar-refractivity contribution in [3.8, 4) is 5.75 Å². The Kier molecular flexibility index (Phi) is 25.0. The molecule has 10 nitrogen and oxygen atoms in total. The molecule has 2 rings (SSSR count). The van der Waals surface area contributed by atoms with E-state index < -0.39 is 5.90 Å². The number of aromatic nitrogens is 1. The molecule has 6 N–H and O–H groups in total. The Morgan fingerprint density at radius 2 is 1.66 bits per heavy atom. The Morgan fingerprint density at radius 1 is 1.10 bits per heavy atom. The van der Waals surface area contributed by atoms with E-state index in [-0.39, 0.29) is 61.1 Å². The molecular weight excluding hydrogens is 488 g/mol. The van der Waals surface area contributed by atoms with Crippen LogP contribution in [0.5, 0.6) is 5.75 Å². The Bertz CT molecular complexity index is 718. The zero-order valence-electron chi connectivity index (χ0n) is 15.9. The summed E-state index contributed by atoms with van der Waals surface area (Å²) in [5.41, 5.74) is 1.71. The molecule has 0 saturated heterocycles. The molecule has 0 aliphatic heterocycles. The number of benzene rings is 1. The van der Waals surface area contributed by atoms with Crippen LogP contribution in [0, 0.1) is 0 Å². The second-order valence-electron chi connectivity index (χ2n) is 4.83. The summed E-state index contributed by atoms with van der Waals surface area (Å²) in [6.45, 7) is 5.74. The van der Waals surface area contributed by atoms with Crippen LogP contribution in [0.1, 0.15) is 25.0 Å². The summed E-state index contributed by atoms with van der Waals surface area (Å²) in [5, 5.41) is 31.1. The summed E-state index contributed by atoms with van der Waals surface area (Å²) < 4.78 is 0. The smallest absolute Gasteiger partial charge is 0.167 e. The van der Waals surface area contributed by atoms with Gasteiger partial charge in [-0.05, 0) is 37.1 Å². The molecule has 1 aromatic carbocycles. The first-order valence-electron chi connectivity index (χ1n) is 7.46. The normalized spacial score (nSPS) is 9.38. The van der Waals surface area contributed by atoms with Crippen LogP contribution in [-0.4, -0.2) is 30.7 Å². The second-order valence-corrected chi connectivity index (χ2v) is 4.83. The van der Waals surface area contributed by atoms with Gasteiger partial charge in [-0.25, -0.2) is 4.98 Å². The van der Waals surface area contributed by atoms with Crippen molar-refractivity contribution in [3.63, 3.8) is 0 Å². The van der Waals surface area contributed by atoms with Crippen molar-refractivity contribution < 1.29 is 70.6 Å². The van der Waals surface area contributed by atoms with Gasteiger partial charge in [-0.15, -0.1) is 0 Å². The SMILES string of the molecule is CCN(CC)c1ccc(/C=N/N=C(\[O-])c2cc[nH+]cc2)c([O-])c1.O.[Cl-].[Mo].[O-2].[O-2].[OH3+]. The summed E-state index contributed by atoms with van der Waals surface area (Å²) in [5.74, 6) is -0.599. The topological polar surface area (TPSA) is 210 Å². The molecule has 166 valence electrons. The minimum atomic E-state index is -0.456. The van der Waals surface area contributed by atoms with E-state index in [0.29, 0.717) is 11.1 Å². The molecule has 12 heteroatoms.